The highest BCUT2D eigenvalue weighted by atomic mass is 32.1. The number of rotatable bonds is 11. The molecular weight excluding hydrogens is 254 g/mol. The van der Waals surface area contributed by atoms with Crippen LogP contribution in [-0.4, -0.2) is 26.8 Å². The topological polar surface area (TPSA) is 21.3 Å². The van der Waals surface area contributed by atoms with Crippen molar-refractivity contribution in [2.75, 3.05) is 26.8 Å². The van der Waals surface area contributed by atoms with Crippen LogP contribution in [0.3, 0.4) is 0 Å². The van der Waals surface area contributed by atoms with Gasteiger partial charge in [-0.05, 0) is 36.1 Å². The third kappa shape index (κ3) is 6.07. The lowest BCUT2D eigenvalue weighted by atomic mass is 9.76. The second-order valence-electron chi connectivity index (χ2n) is 5.38. The van der Waals surface area contributed by atoms with Crippen molar-refractivity contribution >= 4 is 11.3 Å². The number of nitrogens with one attached hydrogen (secondary N) is 1. The van der Waals surface area contributed by atoms with Gasteiger partial charge in [-0.1, -0.05) is 32.8 Å². The second kappa shape index (κ2) is 9.51. The summed E-state index contributed by atoms with van der Waals surface area (Å²) < 4.78 is 5.12. The summed E-state index contributed by atoms with van der Waals surface area (Å²) in [6, 6.07) is 4.44. The van der Waals surface area contributed by atoms with Crippen LogP contribution in [0.4, 0.5) is 0 Å². The molecule has 110 valence electrons. The molecule has 1 unspecified atom stereocenters. The van der Waals surface area contributed by atoms with E-state index in [1.807, 2.05) is 11.3 Å². The van der Waals surface area contributed by atoms with Crippen molar-refractivity contribution in [2.24, 2.45) is 5.41 Å². The molecule has 0 spiro atoms. The number of hydrogen-bond donors (Lipinski definition) is 1. The Bertz CT molecular complexity index is 313. The van der Waals surface area contributed by atoms with E-state index in [9.17, 15) is 0 Å². The van der Waals surface area contributed by atoms with Crippen molar-refractivity contribution in [1.29, 1.82) is 0 Å². The summed E-state index contributed by atoms with van der Waals surface area (Å²) in [5.74, 6) is 0. The van der Waals surface area contributed by atoms with E-state index in [0.717, 1.165) is 19.7 Å². The van der Waals surface area contributed by atoms with Crippen LogP contribution in [0.2, 0.25) is 0 Å². The second-order valence-corrected chi connectivity index (χ2v) is 6.42. The fraction of sp³-hybridized carbons (Fsp3) is 0.750. The first-order valence-electron chi connectivity index (χ1n) is 7.48. The summed E-state index contributed by atoms with van der Waals surface area (Å²) in [7, 11) is 1.76. The van der Waals surface area contributed by atoms with Gasteiger partial charge in [0.15, 0.2) is 0 Å². The van der Waals surface area contributed by atoms with Crippen LogP contribution in [0.5, 0.6) is 0 Å². The molecule has 0 bridgehead atoms. The van der Waals surface area contributed by atoms with Gasteiger partial charge in [0.1, 0.15) is 0 Å². The van der Waals surface area contributed by atoms with Gasteiger partial charge in [-0.15, -0.1) is 11.3 Å². The molecule has 1 aromatic heterocycles. The van der Waals surface area contributed by atoms with Crippen LogP contribution in [0, 0.1) is 5.41 Å². The van der Waals surface area contributed by atoms with Crippen molar-refractivity contribution in [3.63, 3.8) is 0 Å². The highest BCUT2D eigenvalue weighted by molar-refractivity contribution is 7.09. The van der Waals surface area contributed by atoms with Gasteiger partial charge in [0.2, 0.25) is 0 Å². The summed E-state index contributed by atoms with van der Waals surface area (Å²) in [5, 5.41) is 5.77. The first-order valence-corrected chi connectivity index (χ1v) is 8.36. The standard InChI is InChI=1S/C16H29NOS/c1-4-6-9-16(5-2,14-17-10-11-18-3)13-15-8-7-12-19-15/h7-8,12,17H,4-6,9-11,13-14H2,1-3H3. The lowest BCUT2D eigenvalue weighted by Crippen LogP contribution is -2.37. The average molecular weight is 283 g/mol. The van der Waals surface area contributed by atoms with Gasteiger partial charge in [-0.3, -0.25) is 0 Å². The molecule has 1 atom stereocenters. The van der Waals surface area contributed by atoms with E-state index in [2.05, 4.69) is 36.7 Å². The summed E-state index contributed by atoms with van der Waals surface area (Å²) in [6.07, 6.45) is 6.37. The number of ether oxygens (including phenoxy) is 1. The quantitative estimate of drug-likeness (QED) is 0.617. The highest BCUT2D eigenvalue weighted by Crippen LogP contribution is 2.33. The molecule has 3 heteroatoms. The van der Waals surface area contributed by atoms with Crippen LogP contribution in [0.25, 0.3) is 0 Å². The maximum Gasteiger partial charge on any atom is 0.0587 e. The van der Waals surface area contributed by atoms with Crippen LogP contribution in [0.1, 0.15) is 44.4 Å². The molecular formula is C16H29NOS. The van der Waals surface area contributed by atoms with Crippen molar-refractivity contribution in [3.8, 4) is 0 Å². The predicted molar refractivity (Wildman–Crippen MR) is 85.0 cm³/mol. The van der Waals surface area contributed by atoms with Crippen molar-refractivity contribution in [1.82, 2.24) is 5.32 Å². The van der Waals surface area contributed by atoms with Gasteiger partial charge < -0.3 is 10.1 Å². The average Bonchev–Trinajstić information content (AvgIpc) is 2.93. The number of thiophene rings is 1. The van der Waals surface area contributed by atoms with Gasteiger partial charge in [-0.25, -0.2) is 0 Å². The van der Waals surface area contributed by atoms with Gasteiger partial charge >= 0.3 is 0 Å². The smallest absolute Gasteiger partial charge is 0.0587 e. The highest BCUT2D eigenvalue weighted by Gasteiger charge is 2.27. The van der Waals surface area contributed by atoms with Crippen LogP contribution in [0.15, 0.2) is 17.5 Å². The Morgan fingerprint density at radius 3 is 2.79 bits per heavy atom. The van der Waals surface area contributed by atoms with E-state index in [-0.39, 0.29) is 0 Å². The molecule has 0 aromatic carbocycles. The monoisotopic (exact) mass is 283 g/mol. The first kappa shape index (κ1) is 16.7. The third-order valence-electron chi connectivity index (χ3n) is 3.92. The molecule has 1 rings (SSSR count). The van der Waals surface area contributed by atoms with Crippen LogP contribution < -0.4 is 5.32 Å². The minimum atomic E-state index is 0.411. The molecule has 0 aliphatic heterocycles. The maximum absolute atomic E-state index is 5.12. The number of unbranched alkanes of at least 4 members (excludes halogenated alkanes) is 1. The normalized spacial score (nSPS) is 14.5. The van der Waals surface area contributed by atoms with Crippen molar-refractivity contribution in [3.05, 3.63) is 22.4 Å². The van der Waals surface area contributed by atoms with Gasteiger partial charge in [0.05, 0.1) is 6.61 Å². The lowest BCUT2D eigenvalue weighted by molar-refractivity contribution is 0.182. The zero-order valence-electron chi connectivity index (χ0n) is 12.7. The Morgan fingerprint density at radius 1 is 1.37 bits per heavy atom. The molecule has 0 aliphatic rings. The minimum Gasteiger partial charge on any atom is -0.383 e. The Kier molecular flexibility index (Phi) is 8.35. The third-order valence-corrected chi connectivity index (χ3v) is 4.80. The molecule has 0 aliphatic carbocycles. The Labute approximate surface area is 122 Å². The molecule has 0 amide bonds. The van der Waals surface area contributed by atoms with Gasteiger partial charge in [0.25, 0.3) is 0 Å². The predicted octanol–water partition coefficient (Wildman–Crippen LogP) is 4.11. The van der Waals surface area contributed by atoms with E-state index in [1.54, 1.807) is 7.11 Å². The Hall–Kier alpha value is -0.380. The molecule has 2 nitrogen and oxygen atoms in total. The molecule has 0 saturated heterocycles. The largest absolute Gasteiger partial charge is 0.383 e. The minimum absolute atomic E-state index is 0.411. The number of hydrogen-bond acceptors (Lipinski definition) is 3. The fourth-order valence-corrected chi connectivity index (χ4v) is 3.41. The molecule has 0 radical (unpaired) electrons. The summed E-state index contributed by atoms with van der Waals surface area (Å²) in [6.45, 7) is 7.47. The maximum atomic E-state index is 5.12. The Balaban J connectivity index is 2.58. The molecule has 1 N–H and O–H groups in total. The van der Waals surface area contributed by atoms with E-state index in [0.29, 0.717) is 5.41 Å². The van der Waals surface area contributed by atoms with Gasteiger partial charge in [0, 0.05) is 25.1 Å². The molecule has 19 heavy (non-hydrogen) atoms. The van der Waals surface area contributed by atoms with E-state index in [4.69, 9.17) is 4.74 Å². The zero-order chi connectivity index (χ0) is 14.0. The van der Waals surface area contributed by atoms with E-state index < -0.39 is 0 Å². The SMILES string of the molecule is CCCCC(CC)(CNCCOC)Cc1cccs1. The van der Waals surface area contributed by atoms with E-state index in [1.165, 1.54) is 37.0 Å². The zero-order valence-corrected chi connectivity index (χ0v) is 13.5. The summed E-state index contributed by atoms with van der Waals surface area (Å²) >= 11 is 1.89. The summed E-state index contributed by atoms with van der Waals surface area (Å²) in [4.78, 5) is 1.52. The molecule has 1 aromatic rings. The van der Waals surface area contributed by atoms with Crippen molar-refractivity contribution < 1.29 is 4.74 Å². The van der Waals surface area contributed by atoms with Crippen LogP contribution in [-0.2, 0) is 11.2 Å². The van der Waals surface area contributed by atoms with Crippen molar-refractivity contribution in [2.45, 2.75) is 46.0 Å². The molecule has 0 saturated carbocycles. The fourth-order valence-electron chi connectivity index (χ4n) is 2.53. The summed E-state index contributed by atoms with van der Waals surface area (Å²) in [5.41, 5.74) is 0.411. The van der Waals surface area contributed by atoms with Gasteiger partial charge in [-0.2, -0.15) is 0 Å². The molecule has 1 heterocycles. The number of methoxy groups -OCH3 is 1. The van der Waals surface area contributed by atoms with E-state index >= 15 is 0 Å². The van der Waals surface area contributed by atoms with Crippen LogP contribution >= 0.6 is 11.3 Å². The molecule has 0 fully saturated rings. The Morgan fingerprint density at radius 2 is 2.21 bits per heavy atom. The lowest BCUT2D eigenvalue weighted by Gasteiger charge is -2.33. The first-order chi connectivity index (χ1) is 9.26.